The van der Waals surface area contributed by atoms with Crippen molar-refractivity contribution in [1.29, 1.82) is 0 Å². The quantitative estimate of drug-likeness (QED) is 0.848. The van der Waals surface area contributed by atoms with Gasteiger partial charge in [-0.05, 0) is 48.4 Å². The highest BCUT2D eigenvalue weighted by Crippen LogP contribution is 2.13. The van der Waals surface area contributed by atoms with E-state index < -0.39 is 0 Å². The van der Waals surface area contributed by atoms with Crippen LogP contribution in [0, 0.1) is 0 Å². The molecular weight excluding hydrogens is 344 g/mol. The number of ether oxygens (including phenoxy) is 2. The summed E-state index contributed by atoms with van der Waals surface area (Å²) in [5.41, 5.74) is 2.23. The van der Waals surface area contributed by atoms with E-state index in [1.54, 1.807) is 36.3 Å². The van der Waals surface area contributed by atoms with E-state index in [2.05, 4.69) is 5.32 Å². The highest BCUT2D eigenvalue weighted by atomic mass is 16.5. The zero-order valence-electron chi connectivity index (χ0n) is 15.4. The largest absolute Gasteiger partial charge is 0.497 e. The Morgan fingerprint density at radius 3 is 2.48 bits per heavy atom. The summed E-state index contributed by atoms with van der Waals surface area (Å²) >= 11 is 0. The van der Waals surface area contributed by atoms with Crippen molar-refractivity contribution in [2.24, 2.45) is 0 Å². The van der Waals surface area contributed by atoms with Crippen LogP contribution in [0.5, 0.6) is 5.75 Å². The van der Waals surface area contributed by atoms with Gasteiger partial charge in [-0.2, -0.15) is 0 Å². The summed E-state index contributed by atoms with van der Waals surface area (Å²) in [6, 6.07) is 14.6. The number of carbonyl (C=O) groups excluding carboxylic acids is 2. The van der Waals surface area contributed by atoms with Crippen LogP contribution in [0.2, 0.25) is 0 Å². The minimum atomic E-state index is -0.150. The van der Waals surface area contributed by atoms with Crippen LogP contribution in [0.25, 0.3) is 0 Å². The summed E-state index contributed by atoms with van der Waals surface area (Å²) in [6.45, 7) is 2.87. The number of methoxy groups -OCH3 is 1. The van der Waals surface area contributed by atoms with Crippen LogP contribution in [0.3, 0.4) is 0 Å². The molecule has 0 atom stereocenters. The smallest absolute Gasteiger partial charge is 0.254 e. The third kappa shape index (κ3) is 5.08. The molecule has 0 radical (unpaired) electrons. The highest BCUT2D eigenvalue weighted by Gasteiger charge is 2.18. The number of hydrogen-bond donors (Lipinski definition) is 1. The maximum Gasteiger partial charge on any atom is 0.254 e. The number of nitrogens with zero attached hydrogens (tertiary/aromatic N) is 1. The van der Waals surface area contributed by atoms with Crippen molar-refractivity contribution in [2.45, 2.75) is 6.42 Å². The van der Waals surface area contributed by atoms with E-state index in [1.807, 2.05) is 24.3 Å². The molecule has 1 heterocycles. The van der Waals surface area contributed by atoms with E-state index in [4.69, 9.17) is 9.47 Å². The third-order valence-corrected chi connectivity index (χ3v) is 4.53. The van der Waals surface area contributed by atoms with Gasteiger partial charge in [0.2, 0.25) is 0 Å². The summed E-state index contributed by atoms with van der Waals surface area (Å²) in [5.74, 6) is 0.630. The Hall–Kier alpha value is -2.86. The normalized spacial score (nSPS) is 13.9. The van der Waals surface area contributed by atoms with Crippen LogP contribution in [0.4, 0.5) is 0 Å². The molecule has 2 aromatic rings. The van der Waals surface area contributed by atoms with Gasteiger partial charge in [0.25, 0.3) is 11.8 Å². The first-order chi connectivity index (χ1) is 13.2. The van der Waals surface area contributed by atoms with Gasteiger partial charge in [-0.3, -0.25) is 9.59 Å². The first-order valence-corrected chi connectivity index (χ1v) is 9.05. The molecule has 0 saturated carbocycles. The highest BCUT2D eigenvalue weighted by molar-refractivity contribution is 5.97. The predicted octanol–water partition coefficient (Wildman–Crippen LogP) is 2.14. The summed E-state index contributed by atoms with van der Waals surface area (Å²) in [4.78, 5) is 26.5. The third-order valence-electron chi connectivity index (χ3n) is 4.53. The van der Waals surface area contributed by atoms with Crippen LogP contribution in [0.1, 0.15) is 26.3 Å². The van der Waals surface area contributed by atoms with E-state index in [-0.39, 0.29) is 11.8 Å². The van der Waals surface area contributed by atoms with Crippen LogP contribution in [-0.4, -0.2) is 56.7 Å². The molecule has 27 heavy (non-hydrogen) atoms. The molecule has 0 unspecified atom stereocenters. The van der Waals surface area contributed by atoms with Crippen molar-refractivity contribution >= 4 is 11.8 Å². The number of hydrogen-bond acceptors (Lipinski definition) is 4. The molecule has 1 fully saturated rings. The van der Waals surface area contributed by atoms with Gasteiger partial charge in [-0.15, -0.1) is 0 Å². The zero-order chi connectivity index (χ0) is 19.1. The van der Waals surface area contributed by atoms with E-state index in [0.29, 0.717) is 44.0 Å². The maximum absolute atomic E-state index is 12.4. The lowest BCUT2D eigenvalue weighted by atomic mass is 10.1. The standard InChI is InChI=1S/C21H24N2O4/c1-26-19-4-2-3-16(15-19)9-10-22-20(24)17-5-7-18(8-6-17)21(25)23-11-13-27-14-12-23/h2-8,15H,9-14H2,1H3,(H,22,24). The first-order valence-electron chi connectivity index (χ1n) is 9.05. The number of benzene rings is 2. The average Bonchev–Trinajstić information content (AvgIpc) is 2.74. The summed E-state index contributed by atoms with van der Waals surface area (Å²) in [7, 11) is 1.63. The molecule has 1 aliphatic rings. The van der Waals surface area contributed by atoms with Crippen LogP contribution in [0.15, 0.2) is 48.5 Å². The molecule has 142 valence electrons. The van der Waals surface area contributed by atoms with Gasteiger partial charge < -0.3 is 19.7 Å². The molecule has 6 heteroatoms. The zero-order valence-corrected chi connectivity index (χ0v) is 15.4. The number of amides is 2. The van der Waals surface area contributed by atoms with E-state index >= 15 is 0 Å². The SMILES string of the molecule is COc1cccc(CCNC(=O)c2ccc(C(=O)N3CCOCC3)cc2)c1. The lowest BCUT2D eigenvalue weighted by Crippen LogP contribution is -2.40. The minimum Gasteiger partial charge on any atom is -0.497 e. The molecular formula is C21H24N2O4. The number of nitrogens with one attached hydrogen (secondary N) is 1. The van der Waals surface area contributed by atoms with Crippen LogP contribution < -0.4 is 10.1 Å². The second-order valence-corrected chi connectivity index (χ2v) is 6.34. The van der Waals surface area contributed by atoms with E-state index in [9.17, 15) is 9.59 Å². The predicted molar refractivity (Wildman–Crippen MR) is 102 cm³/mol. The molecule has 0 spiro atoms. The van der Waals surface area contributed by atoms with Crippen molar-refractivity contribution < 1.29 is 19.1 Å². The molecule has 0 aromatic heterocycles. The monoisotopic (exact) mass is 368 g/mol. The van der Waals surface area contributed by atoms with E-state index in [0.717, 1.165) is 17.7 Å². The van der Waals surface area contributed by atoms with Crippen molar-refractivity contribution in [1.82, 2.24) is 10.2 Å². The molecule has 2 aromatic carbocycles. The molecule has 1 N–H and O–H groups in total. The number of rotatable bonds is 6. The lowest BCUT2D eigenvalue weighted by molar-refractivity contribution is 0.0303. The molecule has 6 nitrogen and oxygen atoms in total. The van der Waals surface area contributed by atoms with Crippen LogP contribution in [-0.2, 0) is 11.2 Å². The van der Waals surface area contributed by atoms with Gasteiger partial charge in [0, 0.05) is 30.8 Å². The Labute approximate surface area is 159 Å². The van der Waals surface area contributed by atoms with Crippen molar-refractivity contribution in [3.63, 3.8) is 0 Å². The average molecular weight is 368 g/mol. The Balaban J connectivity index is 1.51. The first kappa shape index (κ1) is 18.9. The molecule has 1 saturated heterocycles. The van der Waals surface area contributed by atoms with Gasteiger partial charge in [-0.1, -0.05) is 12.1 Å². The lowest BCUT2D eigenvalue weighted by Gasteiger charge is -2.26. The molecule has 1 aliphatic heterocycles. The Bertz CT molecular complexity index is 783. The molecule has 3 rings (SSSR count). The van der Waals surface area contributed by atoms with Crippen LogP contribution >= 0.6 is 0 Å². The minimum absolute atomic E-state index is 0.0247. The van der Waals surface area contributed by atoms with Gasteiger partial charge in [-0.25, -0.2) is 0 Å². The molecule has 0 bridgehead atoms. The second-order valence-electron chi connectivity index (χ2n) is 6.34. The van der Waals surface area contributed by atoms with Gasteiger partial charge >= 0.3 is 0 Å². The number of morpholine rings is 1. The van der Waals surface area contributed by atoms with Gasteiger partial charge in [0.15, 0.2) is 0 Å². The van der Waals surface area contributed by atoms with Gasteiger partial charge in [0.1, 0.15) is 5.75 Å². The Morgan fingerprint density at radius 1 is 1.07 bits per heavy atom. The number of carbonyl (C=O) groups is 2. The second kappa shape index (κ2) is 9.19. The topological polar surface area (TPSA) is 67.9 Å². The Morgan fingerprint density at radius 2 is 1.78 bits per heavy atom. The maximum atomic E-state index is 12.4. The molecule has 2 amide bonds. The summed E-state index contributed by atoms with van der Waals surface area (Å²) < 4.78 is 10.5. The summed E-state index contributed by atoms with van der Waals surface area (Å²) in [5, 5.41) is 2.91. The van der Waals surface area contributed by atoms with Crippen molar-refractivity contribution in [3.8, 4) is 5.75 Å². The van der Waals surface area contributed by atoms with Crippen molar-refractivity contribution in [2.75, 3.05) is 40.0 Å². The van der Waals surface area contributed by atoms with Gasteiger partial charge in [0.05, 0.1) is 20.3 Å². The fourth-order valence-corrected chi connectivity index (χ4v) is 2.96. The fourth-order valence-electron chi connectivity index (χ4n) is 2.96. The molecule has 0 aliphatic carbocycles. The Kier molecular flexibility index (Phi) is 6.44. The summed E-state index contributed by atoms with van der Waals surface area (Å²) in [6.07, 6.45) is 0.719. The fraction of sp³-hybridized carbons (Fsp3) is 0.333. The van der Waals surface area contributed by atoms with E-state index in [1.165, 1.54) is 0 Å². The van der Waals surface area contributed by atoms with Crippen molar-refractivity contribution in [3.05, 3.63) is 65.2 Å².